The van der Waals surface area contributed by atoms with Gasteiger partial charge >= 0.3 is 0 Å². The summed E-state index contributed by atoms with van der Waals surface area (Å²) in [6.07, 6.45) is 0. The van der Waals surface area contributed by atoms with Crippen LogP contribution < -0.4 is 10.1 Å². The summed E-state index contributed by atoms with van der Waals surface area (Å²) in [6.45, 7) is 2.16. The number of ether oxygens (including phenoxy) is 1. The van der Waals surface area contributed by atoms with Crippen LogP contribution in [0.4, 0.5) is 5.69 Å². The molecule has 4 heteroatoms. The molecule has 17 heavy (non-hydrogen) atoms. The first kappa shape index (κ1) is 12.5. The van der Waals surface area contributed by atoms with Gasteiger partial charge in [0.05, 0.1) is 16.9 Å². The Bertz CT molecular complexity index is 480. The molecule has 0 aliphatic heterocycles. The zero-order valence-corrected chi connectivity index (χ0v) is 12.1. The maximum Gasteiger partial charge on any atom is 0.119 e. The molecule has 0 aliphatic carbocycles. The van der Waals surface area contributed by atoms with Crippen molar-refractivity contribution in [1.82, 2.24) is 0 Å². The highest BCUT2D eigenvalue weighted by Crippen LogP contribution is 2.29. The van der Waals surface area contributed by atoms with Crippen LogP contribution in [0, 0.1) is 0 Å². The van der Waals surface area contributed by atoms with E-state index in [1.54, 1.807) is 18.4 Å². The lowest BCUT2D eigenvalue weighted by molar-refractivity contribution is 0.415. The molecular formula is C13H14BrNOS. The predicted octanol–water partition coefficient (Wildman–Crippen LogP) is 4.69. The van der Waals surface area contributed by atoms with Crippen molar-refractivity contribution in [1.29, 1.82) is 0 Å². The lowest BCUT2D eigenvalue weighted by Crippen LogP contribution is -2.04. The van der Waals surface area contributed by atoms with E-state index in [4.69, 9.17) is 4.74 Å². The molecule has 1 atom stereocenters. The molecule has 1 unspecified atom stereocenters. The van der Waals surface area contributed by atoms with Gasteiger partial charge in [0, 0.05) is 10.6 Å². The molecule has 2 rings (SSSR count). The average molecular weight is 312 g/mol. The van der Waals surface area contributed by atoms with Crippen molar-refractivity contribution in [3.05, 3.63) is 45.1 Å². The molecule has 0 spiro atoms. The van der Waals surface area contributed by atoms with Gasteiger partial charge in [0.1, 0.15) is 5.75 Å². The van der Waals surface area contributed by atoms with Crippen molar-refractivity contribution in [3.8, 4) is 5.75 Å². The van der Waals surface area contributed by atoms with Crippen molar-refractivity contribution >= 4 is 33.0 Å². The molecule has 0 aliphatic rings. The Balaban J connectivity index is 2.04. The van der Waals surface area contributed by atoms with E-state index >= 15 is 0 Å². The Morgan fingerprint density at radius 2 is 1.88 bits per heavy atom. The molecule has 1 heterocycles. The van der Waals surface area contributed by atoms with Crippen LogP contribution in [0.3, 0.4) is 0 Å². The summed E-state index contributed by atoms with van der Waals surface area (Å²) < 4.78 is 6.29. The third-order valence-electron chi connectivity index (χ3n) is 2.49. The summed E-state index contributed by atoms with van der Waals surface area (Å²) in [5.41, 5.74) is 1.10. The minimum atomic E-state index is 0.305. The Morgan fingerprint density at radius 3 is 2.41 bits per heavy atom. The monoisotopic (exact) mass is 311 g/mol. The van der Waals surface area contributed by atoms with Gasteiger partial charge in [-0.3, -0.25) is 0 Å². The summed E-state index contributed by atoms with van der Waals surface area (Å²) in [6, 6.07) is 12.5. The van der Waals surface area contributed by atoms with Crippen LogP contribution in [-0.4, -0.2) is 7.11 Å². The molecule has 0 bridgehead atoms. The number of nitrogens with one attached hydrogen (secondary N) is 1. The molecule has 0 saturated heterocycles. The normalized spacial score (nSPS) is 12.2. The quantitative estimate of drug-likeness (QED) is 0.884. The van der Waals surface area contributed by atoms with Crippen molar-refractivity contribution < 1.29 is 4.74 Å². The molecular weight excluding hydrogens is 298 g/mol. The Morgan fingerprint density at radius 1 is 1.18 bits per heavy atom. The van der Waals surface area contributed by atoms with Gasteiger partial charge in [0.25, 0.3) is 0 Å². The van der Waals surface area contributed by atoms with E-state index < -0.39 is 0 Å². The van der Waals surface area contributed by atoms with Crippen LogP contribution in [0.15, 0.2) is 40.2 Å². The van der Waals surface area contributed by atoms with Crippen molar-refractivity contribution in [2.45, 2.75) is 13.0 Å². The first-order chi connectivity index (χ1) is 8.19. The van der Waals surface area contributed by atoms with Crippen LogP contribution in [0.5, 0.6) is 5.75 Å². The van der Waals surface area contributed by atoms with E-state index in [-0.39, 0.29) is 0 Å². The second-order valence-corrected chi connectivity index (χ2v) is 6.23. The summed E-state index contributed by atoms with van der Waals surface area (Å²) in [4.78, 5) is 1.31. The van der Waals surface area contributed by atoms with Crippen LogP contribution in [0.1, 0.15) is 17.8 Å². The summed E-state index contributed by atoms with van der Waals surface area (Å²) >= 11 is 5.23. The van der Waals surface area contributed by atoms with Crippen molar-refractivity contribution in [2.75, 3.05) is 12.4 Å². The SMILES string of the molecule is COc1ccc(NC(C)c2ccc(Br)s2)cc1. The highest BCUT2D eigenvalue weighted by Gasteiger charge is 2.07. The van der Waals surface area contributed by atoms with E-state index in [1.807, 2.05) is 24.3 Å². The fourth-order valence-corrected chi connectivity index (χ4v) is 3.00. The van der Waals surface area contributed by atoms with Crippen LogP contribution in [0.25, 0.3) is 0 Å². The number of hydrogen-bond acceptors (Lipinski definition) is 3. The number of benzene rings is 1. The van der Waals surface area contributed by atoms with E-state index in [0.717, 1.165) is 15.2 Å². The zero-order chi connectivity index (χ0) is 12.3. The van der Waals surface area contributed by atoms with E-state index in [9.17, 15) is 0 Å². The van der Waals surface area contributed by atoms with Gasteiger partial charge in [0.15, 0.2) is 0 Å². The fourth-order valence-electron chi connectivity index (χ4n) is 1.57. The second kappa shape index (κ2) is 5.56. The molecule has 90 valence electrons. The average Bonchev–Trinajstić information content (AvgIpc) is 2.77. The molecule has 2 nitrogen and oxygen atoms in total. The highest BCUT2D eigenvalue weighted by molar-refractivity contribution is 9.11. The molecule has 0 saturated carbocycles. The topological polar surface area (TPSA) is 21.3 Å². The Kier molecular flexibility index (Phi) is 4.07. The van der Waals surface area contributed by atoms with Gasteiger partial charge in [-0.1, -0.05) is 0 Å². The lowest BCUT2D eigenvalue weighted by atomic mass is 10.2. The van der Waals surface area contributed by atoms with E-state index in [1.165, 1.54) is 4.88 Å². The molecule has 2 aromatic rings. The number of hydrogen-bond donors (Lipinski definition) is 1. The Labute approximate surface area is 114 Å². The maximum atomic E-state index is 5.13. The highest BCUT2D eigenvalue weighted by atomic mass is 79.9. The summed E-state index contributed by atoms with van der Waals surface area (Å²) in [5.74, 6) is 0.877. The third-order valence-corrected chi connectivity index (χ3v) is 4.30. The second-order valence-electron chi connectivity index (χ2n) is 3.74. The van der Waals surface area contributed by atoms with E-state index in [0.29, 0.717) is 6.04 Å². The van der Waals surface area contributed by atoms with Crippen molar-refractivity contribution in [2.24, 2.45) is 0 Å². The minimum Gasteiger partial charge on any atom is -0.497 e. The smallest absolute Gasteiger partial charge is 0.119 e. The first-order valence-corrected chi connectivity index (χ1v) is 6.96. The lowest BCUT2D eigenvalue weighted by Gasteiger charge is -2.13. The summed E-state index contributed by atoms with van der Waals surface area (Å²) in [5, 5.41) is 3.46. The molecule has 0 fully saturated rings. The number of rotatable bonds is 4. The first-order valence-electron chi connectivity index (χ1n) is 5.35. The van der Waals surface area contributed by atoms with Crippen LogP contribution in [0.2, 0.25) is 0 Å². The standard InChI is InChI=1S/C13H14BrNOS/c1-9(12-7-8-13(14)17-12)15-10-3-5-11(16-2)6-4-10/h3-9,15H,1-2H3. The number of anilines is 1. The van der Waals surface area contributed by atoms with Gasteiger partial charge in [-0.15, -0.1) is 11.3 Å². The largest absolute Gasteiger partial charge is 0.497 e. The minimum absolute atomic E-state index is 0.305. The number of methoxy groups -OCH3 is 1. The molecule has 1 N–H and O–H groups in total. The fraction of sp³-hybridized carbons (Fsp3) is 0.231. The van der Waals surface area contributed by atoms with Crippen molar-refractivity contribution in [3.63, 3.8) is 0 Å². The van der Waals surface area contributed by atoms with Gasteiger partial charge in [-0.05, 0) is 59.3 Å². The van der Waals surface area contributed by atoms with Gasteiger partial charge in [-0.2, -0.15) is 0 Å². The van der Waals surface area contributed by atoms with E-state index in [2.05, 4.69) is 40.3 Å². The predicted molar refractivity (Wildman–Crippen MR) is 77.1 cm³/mol. The molecule has 1 aromatic carbocycles. The number of halogens is 1. The molecule has 0 radical (unpaired) electrons. The summed E-state index contributed by atoms with van der Waals surface area (Å²) in [7, 11) is 1.67. The Hall–Kier alpha value is -1.00. The molecule has 1 aromatic heterocycles. The van der Waals surface area contributed by atoms with Gasteiger partial charge in [0.2, 0.25) is 0 Å². The van der Waals surface area contributed by atoms with Crippen LogP contribution in [-0.2, 0) is 0 Å². The number of thiophene rings is 1. The third kappa shape index (κ3) is 3.23. The van der Waals surface area contributed by atoms with Gasteiger partial charge in [-0.25, -0.2) is 0 Å². The van der Waals surface area contributed by atoms with Gasteiger partial charge < -0.3 is 10.1 Å². The van der Waals surface area contributed by atoms with Crippen LogP contribution >= 0.6 is 27.3 Å². The zero-order valence-electron chi connectivity index (χ0n) is 9.74. The molecule has 0 amide bonds. The maximum absolute atomic E-state index is 5.13.